The van der Waals surface area contributed by atoms with E-state index in [0.717, 1.165) is 19.3 Å². The van der Waals surface area contributed by atoms with Crippen LogP contribution >= 0.6 is 0 Å². The molecule has 24 heavy (non-hydrogen) atoms. The first-order valence-corrected chi connectivity index (χ1v) is 10.1. The van der Waals surface area contributed by atoms with Crippen molar-refractivity contribution in [2.24, 2.45) is 0 Å². The molecule has 1 unspecified atom stereocenters. The zero-order valence-corrected chi connectivity index (χ0v) is 16.4. The van der Waals surface area contributed by atoms with E-state index in [2.05, 4.69) is 6.92 Å². The van der Waals surface area contributed by atoms with E-state index in [1.54, 1.807) is 0 Å². The van der Waals surface area contributed by atoms with Gasteiger partial charge in [0.1, 0.15) is 0 Å². The van der Waals surface area contributed by atoms with Crippen LogP contribution in [-0.2, 0) is 4.79 Å². The zero-order chi connectivity index (χ0) is 17.2. The van der Waals surface area contributed by atoms with Crippen molar-refractivity contribution in [2.75, 3.05) is 0 Å². The predicted octanol–water partition coefficient (Wildman–Crippen LogP) is 1.75. The van der Waals surface area contributed by atoms with Gasteiger partial charge >= 0.3 is 18.9 Å². The van der Waals surface area contributed by atoms with Crippen molar-refractivity contribution in [3.8, 4) is 0 Å². The Balaban J connectivity index is 0. The van der Waals surface area contributed by atoms with Crippen molar-refractivity contribution in [3.05, 3.63) is 0 Å². The van der Waals surface area contributed by atoms with Crippen LogP contribution in [-0.4, -0.2) is 17.2 Å². The van der Waals surface area contributed by atoms with Crippen molar-refractivity contribution in [3.63, 3.8) is 0 Å². The third-order valence-electron chi connectivity index (χ3n) is 4.60. The first-order valence-electron chi connectivity index (χ1n) is 10.1. The second kappa shape index (κ2) is 21.1. The molecule has 0 bridgehead atoms. The Kier molecular flexibility index (Phi) is 23.1. The van der Waals surface area contributed by atoms with Gasteiger partial charge in [0.15, 0.2) is 0 Å². The van der Waals surface area contributed by atoms with E-state index in [-0.39, 0.29) is 18.9 Å². The molecule has 0 aliphatic rings. The number of hydrogen-bond acceptors (Lipinski definition) is 3. The van der Waals surface area contributed by atoms with Crippen LogP contribution in [0.25, 0.3) is 0 Å². The van der Waals surface area contributed by atoms with E-state index in [1.807, 2.05) is 0 Å². The third-order valence-corrected chi connectivity index (χ3v) is 4.60. The van der Waals surface area contributed by atoms with Gasteiger partial charge < -0.3 is 15.0 Å². The number of rotatable bonds is 18. The van der Waals surface area contributed by atoms with Crippen LogP contribution in [0.2, 0.25) is 0 Å². The molecule has 1 N–H and O–H groups in total. The van der Waals surface area contributed by atoms with Gasteiger partial charge in [-0.1, -0.05) is 110 Å². The van der Waals surface area contributed by atoms with Crippen molar-refractivity contribution in [1.29, 1.82) is 0 Å². The van der Waals surface area contributed by atoms with Gasteiger partial charge in [0, 0.05) is 0 Å². The Morgan fingerprint density at radius 3 is 1.29 bits per heavy atom. The molecule has 0 aliphatic carbocycles. The molecule has 0 saturated heterocycles. The Morgan fingerprint density at radius 2 is 1.00 bits per heavy atom. The fraction of sp³-hybridized carbons (Fsp3) is 0.950. The second-order valence-electron chi connectivity index (χ2n) is 6.93. The van der Waals surface area contributed by atoms with Crippen LogP contribution in [0.5, 0.6) is 0 Å². The average molecular weight is 334 g/mol. The summed E-state index contributed by atoms with van der Waals surface area (Å²) in [7, 11) is 0. The summed E-state index contributed by atoms with van der Waals surface area (Å²) in [5.74, 6) is -1.34. The summed E-state index contributed by atoms with van der Waals surface area (Å²) in [6.45, 7) is 2.27. The predicted molar refractivity (Wildman–Crippen MR) is 95.2 cm³/mol. The van der Waals surface area contributed by atoms with Crippen LogP contribution in [0, 0.1) is 0 Å². The normalized spacial score (nSPS) is 11.9. The summed E-state index contributed by atoms with van der Waals surface area (Å²) >= 11 is 0. The second-order valence-corrected chi connectivity index (χ2v) is 6.93. The number of carbonyl (C=O) groups excluding carboxylic acids is 1. The van der Waals surface area contributed by atoms with E-state index in [9.17, 15) is 9.90 Å². The number of carboxylic acid groups (broad SMARTS) is 1. The number of carbonyl (C=O) groups is 1. The number of unbranched alkanes of at least 4 members (excludes halogenated alkanes) is 15. The maximum Gasteiger partial charge on any atom is 1.00 e. The van der Waals surface area contributed by atoms with Gasteiger partial charge in [-0.3, -0.25) is 0 Å². The van der Waals surface area contributed by atoms with Crippen molar-refractivity contribution in [2.45, 2.75) is 122 Å². The van der Waals surface area contributed by atoms with Crippen molar-refractivity contribution in [1.82, 2.24) is 0 Å². The van der Waals surface area contributed by atoms with Gasteiger partial charge in [0.2, 0.25) is 0 Å². The van der Waals surface area contributed by atoms with Gasteiger partial charge in [-0.05, 0) is 6.42 Å². The van der Waals surface area contributed by atoms with E-state index in [0.29, 0.717) is 6.42 Å². The molecule has 0 rings (SSSR count). The fourth-order valence-corrected chi connectivity index (χ4v) is 3.00. The molecule has 0 saturated carbocycles. The van der Waals surface area contributed by atoms with Gasteiger partial charge in [0.25, 0.3) is 0 Å². The minimum absolute atomic E-state index is 0. The smallest absolute Gasteiger partial charge is 0.547 e. The number of aliphatic hydroxyl groups is 1. The van der Waals surface area contributed by atoms with Crippen LogP contribution in [0.3, 0.4) is 0 Å². The Bertz CT molecular complexity index is 259. The molecule has 0 radical (unpaired) electrons. The summed E-state index contributed by atoms with van der Waals surface area (Å²) in [4.78, 5) is 10.3. The third kappa shape index (κ3) is 20.1. The van der Waals surface area contributed by atoms with Crippen molar-refractivity contribution >= 4 is 5.97 Å². The molecular formula is C20H39LiO3. The largest absolute Gasteiger partial charge is 1.00 e. The number of hydrogen-bond donors (Lipinski definition) is 1. The minimum Gasteiger partial charge on any atom is -0.547 e. The molecule has 0 aromatic heterocycles. The van der Waals surface area contributed by atoms with Crippen LogP contribution in [0.15, 0.2) is 0 Å². The molecule has 0 aliphatic heterocycles. The number of aliphatic hydroxyl groups excluding tert-OH is 1. The topological polar surface area (TPSA) is 60.4 Å². The maximum absolute atomic E-state index is 10.3. The Morgan fingerprint density at radius 1 is 0.708 bits per heavy atom. The molecule has 0 aromatic rings. The van der Waals surface area contributed by atoms with Gasteiger partial charge in [0.05, 0.1) is 12.1 Å². The molecular weight excluding hydrogens is 295 g/mol. The van der Waals surface area contributed by atoms with E-state index in [4.69, 9.17) is 5.11 Å². The quantitative estimate of drug-likeness (QED) is 0.307. The maximum atomic E-state index is 10.3. The minimum atomic E-state index is -1.34. The summed E-state index contributed by atoms with van der Waals surface area (Å²) in [6.07, 6.45) is 19.8. The van der Waals surface area contributed by atoms with Crippen LogP contribution < -0.4 is 24.0 Å². The molecule has 0 aromatic carbocycles. The fourth-order valence-electron chi connectivity index (χ4n) is 3.00. The van der Waals surface area contributed by atoms with Crippen molar-refractivity contribution < 1.29 is 33.9 Å². The monoisotopic (exact) mass is 334 g/mol. The number of aliphatic carboxylic acids is 1. The summed E-state index contributed by atoms with van der Waals surface area (Å²) in [5, 5.41) is 19.4. The molecule has 0 heterocycles. The molecule has 0 amide bonds. The number of carboxylic acids is 1. The molecule has 0 spiro atoms. The average Bonchev–Trinajstić information content (AvgIpc) is 2.54. The first-order chi connectivity index (χ1) is 11.2. The molecule has 138 valence electrons. The Labute approximate surface area is 162 Å². The Hall–Kier alpha value is 0.0274. The molecule has 3 nitrogen and oxygen atoms in total. The summed E-state index contributed by atoms with van der Waals surface area (Å²) < 4.78 is 0. The van der Waals surface area contributed by atoms with E-state index < -0.39 is 12.1 Å². The van der Waals surface area contributed by atoms with Gasteiger partial charge in [-0.2, -0.15) is 0 Å². The molecule has 0 fully saturated rings. The van der Waals surface area contributed by atoms with Gasteiger partial charge in [-0.15, -0.1) is 0 Å². The molecule has 4 heteroatoms. The first kappa shape index (κ1) is 26.3. The zero-order valence-electron chi connectivity index (χ0n) is 16.4. The SMILES string of the molecule is CCCCCCCCCCCCCCCCCCC(O)C(=O)[O-].[Li+]. The summed E-state index contributed by atoms with van der Waals surface area (Å²) in [6, 6.07) is 0. The van der Waals surface area contributed by atoms with Crippen LogP contribution in [0.1, 0.15) is 116 Å². The standard InChI is InChI=1S/C20H40O3.Li/c1-2-3-4-5-6-7-8-9-10-11-12-13-14-15-16-17-18-19(21)20(22)23;/h19,21H,2-18H2,1H3,(H,22,23);/q;+1/p-1. The summed E-state index contributed by atoms with van der Waals surface area (Å²) in [5.41, 5.74) is 0. The van der Waals surface area contributed by atoms with E-state index in [1.165, 1.54) is 83.5 Å². The van der Waals surface area contributed by atoms with Crippen LogP contribution in [0.4, 0.5) is 0 Å². The molecule has 1 atom stereocenters. The van der Waals surface area contributed by atoms with Gasteiger partial charge in [-0.25, -0.2) is 0 Å². The van der Waals surface area contributed by atoms with E-state index >= 15 is 0 Å².